The lowest BCUT2D eigenvalue weighted by molar-refractivity contribution is 0.671. The van der Waals surface area contributed by atoms with Crippen LogP contribution >= 0.6 is 12.2 Å². The van der Waals surface area contributed by atoms with Gasteiger partial charge in [0.25, 0.3) is 0 Å². The molecule has 2 N–H and O–H groups in total. The van der Waals surface area contributed by atoms with Crippen molar-refractivity contribution in [2.24, 2.45) is 5.73 Å². The summed E-state index contributed by atoms with van der Waals surface area (Å²) in [4.78, 5) is 11.0. The van der Waals surface area contributed by atoms with Gasteiger partial charge in [-0.25, -0.2) is 9.97 Å². The molecule has 0 radical (unpaired) electrons. The molecule has 1 saturated heterocycles. The molecule has 1 aliphatic heterocycles. The smallest absolute Gasteiger partial charge is 0.226 e. The van der Waals surface area contributed by atoms with E-state index in [1.165, 1.54) is 0 Å². The van der Waals surface area contributed by atoms with Gasteiger partial charge in [0.1, 0.15) is 10.7 Å². The molecule has 1 aromatic heterocycles. The Morgan fingerprint density at radius 3 is 2.71 bits per heavy atom. The highest BCUT2D eigenvalue weighted by Crippen LogP contribution is 2.12. The van der Waals surface area contributed by atoms with E-state index in [0.29, 0.717) is 36.2 Å². The minimum atomic E-state index is -0.702. The maximum absolute atomic E-state index is 11.3. The Morgan fingerprint density at radius 2 is 2.12 bits per heavy atom. The van der Waals surface area contributed by atoms with Crippen LogP contribution in [0.15, 0.2) is 6.07 Å². The lowest BCUT2D eigenvalue weighted by Gasteiger charge is -2.26. The number of anilines is 1. The Balaban J connectivity index is 2.26. The fourth-order valence-electron chi connectivity index (χ4n) is 1.66. The Morgan fingerprint density at radius 1 is 1.47 bits per heavy atom. The largest absolute Gasteiger partial charge is 0.388 e. The number of aromatic nitrogens is 2. The summed E-state index contributed by atoms with van der Waals surface area (Å²) in [5.74, 6) is 1.96. The summed E-state index contributed by atoms with van der Waals surface area (Å²) < 4.78 is 11.3. The molecule has 5 nitrogen and oxygen atoms in total. The topological polar surface area (TPSA) is 72.1 Å². The average molecular weight is 270 g/mol. The summed E-state index contributed by atoms with van der Waals surface area (Å²) in [6, 6.07) is 1.77. The maximum atomic E-state index is 11.3. The van der Waals surface area contributed by atoms with Crippen molar-refractivity contribution in [3.05, 3.63) is 17.5 Å². The summed E-state index contributed by atoms with van der Waals surface area (Å²) in [5.41, 5.74) is 7.01. The summed E-state index contributed by atoms with van der Waals surface area (Å²) >= 11 is 4.92. The molecule has 0 atom stereocenters. The van der Waals surface area contributed by atoms with Gasteiger partial charge < -0.3 is 10.6 Å². The van der Waals surface area contributed by atoms with Gasteiger partial charge in [-0.1, -0.05) is 12.2 Å². The van der Waals surface area contributed by atoms with Gasteiger partial charge >= 0.3 is 0 Å². The van der Waals surface area contributed by atoms with E-state index in [4.69, 9.17) is 18.0 Å². The number of hydrogen-bond donors (Lipinski definition) is 1. The van der Waals surface area contributed by atoms with Crippen LogP contribution < -0.4 is 10.6 Å². The summed E-state index contributed by atoms with van der Waals surface area (Å²) in [6.45, 7) is 3.31. The van der Waals surface area contributed by atoms with Gasteiger partial charge in [-0.2, -0.15) is 0 Å². The van der Waals surface area contributed by atoms with Crippen LogP contribution in [0.4, 0.5) is 5.95 Å². The lowest BCUT2D eigenvalue weighted by Crippen LogP contribution is -2.39. The molecule has 0 aliphatic carbocycles. The Labute approximate surface area is 108 Å². The van der Waals surface area contributed by atoms with E-state index in [0.717, 1.165) is 5.69 Å². The molecule has 0 spiro atoms. The Hall–Kier alpha value is -1.08. The van der Waals surface area contributed by atoms with Crippen LogP contribution in [0.5, 0.6) is 0 Å². The second-order valence-corrected chi connectivity index (χ2v) is 6.03. The zero-order valence-corrected chi connectivity index (χ0v) is 11.2. The van der Waals surface area contributed by atoms with Crippen LogP contribution in [0.2, 0.25) is 0 Å². The number of nitrogens with zero attached hydrogens (tertiary/aromatic N) is 3. The average Bonchev–Trinajstić information content (AvgIpc) is 2.29. The van der Waals surface area contributed by atoms with Crippen molar-refractivity contribution < 1.29 is 4.21 Å². The molecule has 7 heteroatoms. The fourth-order valence-corrected chi connectivity index (χ4v) is 2.82. The molecule has 1 fully saturated rings. The Bertz CT molecular complexity index is 467. The van der Waals surface area contributed by atoms with Gasteiger partial charge in [0.15, 0.2) is 0 Å². The Kier molecular flexibility index (Phi) is 3.68. The molecule has 2 heterocycles. The number of rotatable bonds is 2. The second kappa shape index (κ2) is 5.05. The monoisotopic (exact) mass is 270 g/mol. The van der Waals surface area contributed by atoms with Crippen molar-refractivity contribution in [1.82, 2.24) is 9.97 Å². The van der Waals surface area contributed by atoms with Crippen molar-refractivity contribution in [2.45, 2.75) is 6.92 Å². The first-order valence-corrected chi connectivity index (χ1v) is 7.21. The van der Waals surface area contributed by atoms with Crippen LogP contribution in [0.3, 0.4) is 0 Å². The molecule has 0 aromatic carbocycles. The first-order chi connectivity index (χ1) is 8.06. The third-order valence-corrected chi connectivity index (χ3v) is 4.04. The van der Waals surface area contributed by atoms with Crippen LogP contribution in [0, 0.1) is 6.92 Å². The van der Waals surface area contributed by atoms with Gasteiger partial charge in [-0.15, -0.1) is 0 Å². The molecule has 2 rings (SSSR count). The number of nitrogens with two attached hydrogens (primary N) is 1. The number of thiocarbonyl (C=S) groups is 1. The second-order valence-electron chi connectivity index (χ2n) is 3.89. The molecule has 0 bridgehead atoms. The minimum Gasteiger partial charge on any atom is -0.388 e. The highest BCUT2D eigenvalue weighted by Gasteiger charge is 2.18. The van der Waals surface area contributed by atoms with E-state index in [2.05, 4.69) is 9.97 Å². The zero-order valence-electron chi connectivity index (χ0n) is 9.55. The van der Waals surface area contributed by atoms with Crippen LogP contribution in [-0.4, -0.2) is 43.8 Å². The lowest BCUT2D eigenvalue weighted by atomic mass is 10.3. The fraction of sp³-hybridized carbons (Fsp3) is 0.500. The normalized spacial score (nSPS) is 17.1. The third kappa shape index (κ3) is 2.98. The predicted molar refractivity (Wildman–Crippen MR) is 72.7 cm³/mol. The summed E-state index contributed by atoms with van der Waals surface area (Å²) in [5, 5.41) is 0. The third-order valence-electron chi connectivity index (χ3n) is 2.56. The van der Waals surface area contributed by atoms with E-state index in [1.807, 2.05) is 11.8 Å². The molecular formula is C10H14N4OS2. The molecule has 17 heavy (non-hydrogen) atoms. The quantitative estimate of drug-likeness (QED) is 0.762. The van der Waals surface area contributed by atoms with Crippen molar-refractivity contribution >= 4 is 34.0 Å². The highest BCUT2D eigenvalue weighted by molar-refractivity contribution is 7.85. The molecule has 0 unspecified atom stereocenters. The van der Waals surface area contributed by atoms with E-state index < -0.39 is 10.8 Å². The number of hydrogen-bond acceptors (Lipinski definition) is 5. The van der Waals surface area contributed by atoms with Crippen LogP contribution in [0.1, 0.15) is 11.4 Å². The van der Waals surface area contributed by atoms with E-state index in [-0.39, 0.29) is 4.99 Å². The molecule has 0 saturated carbocycles. The molecular weight excluding hydrogens is 256 g/mol. The molecule has 1 aliphatic rings. The van der Waals surface area contributed by atoms with Crippen LogP contribution in [-0.2, 0) is 10.8 Å². The predicted octanol–water partition coefficient (Wildman–Crippen LogP) is -0.0121. The molecule has 0 amide bonds. The highest BCUT2D eigenvalue weighted by atomic mass is 32.2. The summed E-state index contributed by atoms with van der Waals surface area (Å²) in [6.07, 6.45) is 0. The van der Waals surface area contributed by atoms with Gasteiger partial charge in [-0.3, -0.25) is 4.21 Å². The van der Waals surface area contributed by atoms with Crippen LogP contribution in [0.25, 0.3) is 0 Å². The SMILES string of the molecule is Cc1cc(C(N)=S)nc(N2CCS(=O)CC2)n1. The van der Waals surface area contributed by atoms with E-state index >= 15 is 0 Å². The van der Waals surface area contributed by atoms with E-state index in [9.17, 15) is 4.21 Å². The first kappa shape index (κ1) is 12.4. The molecule has 1 aromatic rings. The zero-order chi connectivity index (χ0) is 12.4. The van der Waals surface area contributed by atoms with Crippen molar-refractivity contribution in [3.63, 3.8) is 0 Å². The van der Waals surface area contributed by atoms with Gasteiger partial charge in [0, 0.05) is 41.1 Å². The van der Waals surface area contributed by atoms with Gasteiger partial charge in [-0.05, 0) is 13.0 Å². The van der Waals surface area contributed by atoms with Gasteiger partial charge in [0.2, 0.25) is 5.95 Å². The van der Waals surface area contributed by atoms with Gasteiger partial charge in [0.05, 0.1) is 0 Å². The van der Waals surface area contributed by atoms with Crippen molar-refractivity contribution in [1.29, 1.82) is 0 Å². The van der Waals surface area contributed by atoms with E-state index in [1.54, 1.807) is 6.07 Å². The summed E-state index contributed by atoms with van der Waals surface area (Å²) in [7, 11) is -0.702. The van der Waals surface area contributed by atoms with Crippen molar-refractivity contribution in [3.8, 4) is 0 Å². The maximum Gasteiger partial charge on any atom is 0.226 e. The molecule has 92 valence electrons. The van der Waals surface area contributed by atoms with Crippen molar-refractivity contribution in [2.75, 3.05) is 29.5 Å². The first-order valence-electron chi connectivity index (χ1n) is 5.31. The number of aryl methyl sites for hydroxylation is 1. The minimum absolute atomic E-state index is 0.275. The standard InChI is InChI=1S/C10H14N4OS2/c1-7-6-8(9(11)16)13-10(12-7)14-2-4-17(15)5-3-14/h6H,2-5H2,1H3,(H2,11,16).